The minimum absolute atomic E-state index is 0.0212. The molecular formula is C10H10F3N3O2. The van der Waals surface area contributed by atoms with Crippen molar-refractivity contribution in [2.24, 2.45) is 5.90 Å². The molecule has 4 N–H and O–H groups in total. The Hall–Kier alpha value is -2.22. The van der Waals surface area contributed by atoms with Crippen molar-refractivity contribution in [2.45, 2.75) is 6.18 Å². The maximum absolute atomic E-state index is 12.4. The highest BCUT2D eigenvalue weighted by Crippen LogP contribution is 2.30. The van der Waals surface area contributed by atoms with Crippen molar-refractivity contribution in [3.05, 3.63) is 42.3 Å². The Bertz CT molecular complexity index is 460. The van der Waals surface area contributed by atoms with E-state index in [-0.39, 0.29) is 11.6 Å². The molecule has 0 aromatic heterocycles. The normalized spacial score (nSPS) is 10.7. The van der Waals surface area contributed by atoms with Crippen LogP contribution in [0.25, 0.3) is 0 Å². The van der Waals surface area contributed by atoms with E-state index >= 15 is 0 Å². The molecule has 1 rings (SSSR count). The van der Waals surface area contributed by atoms with Crippen molar-refractivity contribution >= 4 is 11.7 Å². The SMILES string of the molecule is C=C(NC(=O)Nc1cccc(C(F)(F)F)c1)ON. The number of anilines is 1. The summed E-state index contributed by atoms with van der Waals surface area (Å²) in [5.74, 6) is 4.47. The maximum Gasteiger partial charge on any atom is 0.416 e. The van der Waals surface area contributed by atoms with Gasteiger partial charge in [-0.1, -0.05) is 6.07 Å². The lowest BCUT2D eigenvalue weighted by atomic mass is 10.2. The van der Waals surface area contributed by atoms with Crippen LogP contribution in [0.15, 0.2) is 36.7 Å². The van der Waals surface area contributed by atoms with Gasteiger partial charge in [0.15, 0.2) is 0 Å². The molecule has 0 saturated carbocycles. The molecule has 0 heterocycles. The molecular weight excluding hydrogens is 251 g/mol. The Morgan fingerprint density at radius 3 is 2.61 bits per heavy atom. The second kappa shape index (κ2) is 5.41. The van der Waals surface area contributed by atoms with Crippen LogP contribution >= 0.6 is 0 Å². The highest BCUT2D eigenvalue weighted by Gasteiger charge is 2.30. The molecule has 2 amide bonds. The fraction of sp³-hybridized carbons (Fsp3) is 0.100. The number of nitrogens with two attached hydrogens (primary N) is 1. The molecule has 1 aromatic rings. The summed E-state index contributed by atoms with van der Waals surface area (Å²) in [4.78, 5) is 15.3. The lowest BCUT2D eigenvalue weighted by Crippen LogP contribution is -2.29. The lowest BCUT2D eigenvalue weighted by molar-refractivity contribution is -0.137. The van der Waals surface area contributed by atoms with Crippen molar-refractivity contribution in [2.75, 3.05) is 5.32 Å². The van der Waals surface area contributed by atoms with Crippen LogP contribution in [0.1, 0.15) is 5.56 Å². The van der Waals surface area contributed by atoms with E-state index in [0.717, 1.165) is 12.1 Å². The number of hydrogen-bond acceptors (Lipinski definition) is 3. The van der Waals surface area contributed by atoms with Gasteiger partial charge in [0.25, 0.3) is 0 Å². The molecule has 5 nitrogen and oxygen atoms in total. The molecule has 0 spiro atoms. The minimum atomic E-state index is -4.47. The van der Waals surface area contributed by atoms with Gasteiger partial charge in [0.05, 0.1) is 5.56 Å². The molecule has 0 aliphatic carbocycles. The summed E-state index contributed by atoms with van der Waals surface area (Å²) >= 11 is 0. The number of alkyl halides is 3. The van der Waals surface area contributed by atoms with E-state index in [2.05, 4.69) is 22.1 Å². The molecule has 0 fully saturated rings. The van der Waals surface area contributed by atoms with E-state index in [1.807, 2.05) is 0 Å². The first-order valence-corrected chi connectivity index (χ1v) is 4.64. The number of hydrogen-bond donors (Lipinski definition) is 3. The maximum atomic E-state index is 12.4. The van der Waals surface area contributed by atoms with Crippen molar-refractivity contribution in [1.82, 2.24) is 5.32 Å². The van der Waals surface area contributed by atoms with Crippen molar-refractivity contribution in [3.8, 4) is 0 Å². The molecule has 98 valence electrons. The summed E-state index contributed by atoms with van der Waals surface area (Å²) in [6.45, 7) is 3.21. The van der Waals surface area contributed by atoms with Crippen LogP contribution in [0.5, 0.6) is 0 Å². The molecule has 0 radical (unpaired) electrons. The summed E-state index contributed by atoms with van der Waals surface area (Å²) in [5, 5.41) is 4.24. The van der Waals surface area contributed by atoms with E-state index in [4.69, 9.17) is 5.90 Å². The van der Waals surface area contributed by atoms with Gasteiger partial charge in [0, 0.05) is 5.69 Å². The second-order valence-electron chi connectivity index (χ2n) is 3.20. The van der Waals surface area contributed by atoms with Gasteiger partial charge in [-0.2, -0.15) is 19.1 Å². The topological polar surface area (TPSA) is 76.4 Å². The third-order valence-electron chi connectivity index (χ3n) is 1.84. The Morgan fingerprint density at radius 1 is 1.39 bits per heavy atom. The van der Waals surface area contributed by atoms with E-state index in [1.165, 1.54) is 12.1 Å². The van der Waals surface area contributed by atoms with Crippen molar-refractivity contribution in [1.29, 1.82) is 0 Å². The highest BCUT2D eigenvalue weighted by molar-refractivity contribution is 5.90. The molecule has 1 aromatic carbocycles. The molecule has 0 aliphatic rings. The van der Waals surface area contributed by atoms with Gasteiger partial charge in [-0.05, 0) is 24.8 Å². The summed E-state index contributed by atoms with van der Waals surface area (Å²) in [7, 11) is 0. The molecule has 0 aliphatic heterocycles. The van der Waals surface area contributed by atoms with E-state index in [0.29, 0.717) is 0 Å². The Kier molecular flexibility index (Phi) is 4.16. The van der Waals surface area contributed by atoms with Gasteiger partial charge in [0.2, 0.25) is 5.88 Å². The average Bonchev–Trinajstić information content (AvgIpc) is 2.27. The van der Waals surface area contributed by atoms with Crippen LogP contribution in [0.3, 0.4) is 0 Å². The van der Waals surface area contributed by atoms with Crippen LogP contribution in [0, 0.1) is 0 Å². The second-order valence-corrected chi connectivity index (χ2v) is 3.20. The number of urea groups is 1. The Labute approximate surface area is 100 Å². The zero-order valence-electron chi connectivity index (χ0n) is 9.04. The monoisotopic (exact) mass is 261 g/mol. The van der Waals surface area contributed by atoms with Crippen molar-refractivity contribution < 1.29 is 22.8 Å². The summed E-state index contributed by atoms with van der Waals surface area (Å²) in [5.41, 5.74) is -0.888. The van der Waals surface area contributed by atoms with Gasteiger partial charge < -0.3 is 10.2 Å². The van der Waals surface area contributed by atoms with Gasteiger partial charge in [0.1, 0.15) is 0 Å². The largest absolute Gasteiger partial charge is 0.416 e. The van der Waals surface area contributed by atoms with Crippen LogP contribution in [0.2, 0.25) is 0 Å². The molecule has 0 atom stereocenters. The van der Waals surface area contributed by atoms with Crippen LogP contribution < -0.4 is 16.5 Å². The lowest BCUT2D eigenvalue weighted by Gasteiger charge is -2.10. The smallest absolute Gasteiger partial charge is 0.394 e. The van der Waals surface area contributed by atoms with Crippen LogP contribution in [-0.4, -0.2) is 6.03 Å². The Morgan fingerprint density at radius 2 is 2.06 bits per heavy atom. The zero-order valence-corrected chi connectivity index (χ0v) is 9.04. The molecule has 0 bridgehead atoms. The van der Waals surface area contributed by atoms with E-state index in [9.17, 15) is 18.0 Å². The number of rotatable bonds is 3. The number of carbonyl (C=O) groups excluding carboxylic acids is 1. The number of amides is 2. The van der Waals surface area contributed by atoms with Gasteiger partial charge in [-0.15, -0.1) is 0 Å². The van der Waals surface area contributed by atoms with Gasteiger partial charge in [-0.3, -0.25) is 5.32 Å². The number of halogens is 3. The van der Waals surface area contributed by atoms with Crippen LogP contribution in [-0.2, 0) is 11.0 Å². The quantitative estimate of drug-likeness (QED) is 0.576. The highest BCUT2D eigenvalue weighted by atomic mass is 19.4. The summed E-state index contributed by atoms with van der Waals surface area (Å²) in [6.07, 6.45) is -4.47. The first kappa shape index (κ1) is 13.8. The summed E-state index contributed by atoms with van der Waals surface area (Å²) < 4.78 is 37.2. The molecule has 0 unspecified atom stereocenters. The van der Waals surface area contributed by atoms with Gasteiger partial charge >= 0.3 is 12.2 Å². The number of carbonyl (C=O) groups is 1. The van der Waals surface area contributed by atoms with E-state index in [1.54, 1.807) is 0 Å². The third-order valence-corrected chi connectivity index (χ3v) is 1.84. The molecule has 18 heavy (non-hydrogen) atoms. The van der Waals surface area contributed by atoms with E-state index < -0.39 is 17.8 Å². The first-order chi connectivity index (χ1) is 8.32. The Balaban J connectivity index is 2.74. The van der Waals surface area contributed by atoms with Gasteiger partial charge in [-0.25, -0.2) is 4.79 Å². The fourth-order valence-electron chi connectivity index (χ4n) is 1.09. The standard InChI is InChI=1S/C10H10F3N3O2/c1-6(18-14)15-9(17)16-8-4-2-3-7(5-8)10(11,12)13/h2-5H,1,14H2,(H2,15,16,17). The number of benzene rings is 1. The predicted molar refractivity (Wildman–Crippen MR) is 58.0 cm³/mol. The predicted octanol–water partition coefficient (Wildman–Crippen LogP) is 2.19. The number of nitrogens with one attached hydrogen (secondary N) is 2. The molecule has 8 heteroatoms. The average molecular weight is 261 g/mol. The third kappa shape index (κ3) is 3.98. The first-order valence-electron chi connectivity index (χ1n) is 4.64. The summed E-state index contributed by atoms with van der Waals surface area (Å²) in [6, 6.07) is 3.36. The fourth-order valence-corrected chi connectivity index (χ4v) is 1.09. The van der Waals surface area contributed by atoms with Crippen LogP contribution in [0.4, 0.5) is 23.7 Å². The molecule has 0 saturated heterocycles. The zero-order chi connectivity index (χ0) is 13.8. The minimum Gasteiger partial charge on any atom is -0.394 e. The van der Waals surface area contributed by atoms with Crippen molar-refractivity contribution in [3.63, 3.8) is 0 Å².